The smallest absolute Gasteiger partial charge is 0.217 e. The minimum Gasteiger partial charge on any atom is -0.217 e. The highest BCUT2D eigenvalue weighted by atomic mass is 32.2. The molecule has 206 valence electrons. The second-order valence-electron chi connectivity index (χ2n) is 12.1. The molecule has 0 saturated carbocycles. The van der Waals surface area contributed by atoms with E-state index in [1.165, 1.54) is 23.5 Å². The summed E-state index contributed by atoms with van der Waals surface area (Å²) in [6.07, 6.45) is 4.34. The van der Waals surface area contributed by atoms with Gasteiger partial charge in [-0.15, -0.1) is 23.5 Å². The van der Waals surface area contributed by atoms with Gasteiger partial charge in [-0.2, -0.15) is 14.9 Å². The van der Waals surface area contributed by atoms with Gasteiger partial charge in [0.2, 0.25) is 5.82 Å². The van der Waals surface area contributed by atoms with E-state index in [1.54, 1.807) is 12.1 Å². The average Bonchev–Trinajstić information content (AvgIpc) is 3.23. The highest BCUT2D eigenvalue weighted by molar-refractivity contribution is 8.06. The van der Waals surface area contributed by atoms with Gasteiger partial charge in [0.1, 0.15) is 33.3 Å². The molecule has 0 N–H and O–H groups in total. The van der Waals surface area contributed by atoms with E-state index in [1.807, 2.05) is 6.26 Å². The Morgan fingerprint density at radius 3 is 2.40 bits per heavy atom. The van der Waals surface area contributed by atoms with Crippen molar-refractivity contribution in [3.63, 3.8) is 0 Å². The van der Waals surface area contributed by atoms with Crippen molar-refractivity contribution in [1.82, 2.24) is 9.38 Å². The Kier molecular flexibility index (Phi) is 7.18. The number of fused-ring (bicyclic) bond motifs is 3. The fourth-order valence-electron chi connectivity index (χ4n) is 6.56. The summed E-state index contributed by atoms with van der Waals surface area (Å²) in [5, 5.41) is 20.5. The van der Waals surface area contributed by atoms with E-state index >= 15 is 4.39 Å². The zero-order chi connectivity index (χ0) is 29.0. The number of allylic oxidation sites excluding steroid dienone is 2. The van der Waals surface area contributed by atoms with Crippen molar-refractivity contribution in [2.24, 2.45) is 0 Å². The van der Waals surface area contributed by atoms with Gasteiger partial charge in [-0.1, -0.05) is 53.7 Å². The summed E-state index contributed by atoms with van der Waals surface area (Å²) < 4.78 is 20.3. The molecule has 4 aromatic rings. The van der Waals surface area contributed by atoms with Crippen molar-refractivity contribution < 1.29 is 8.96 Å². The van der Waals surface area contributed by atoms with Crippen LogP contribution in [-0.2, 0) is 16.4 Å². The van der Waals surface area contributed by atoms with E-state index in [0.717, 1.165) is 52.7 Å². The number of benzene rings is 2. The highest BCUT2D eigenvalue weighted by Gasteiger charge is 2.50. The predicted molar refractivity (Wildman–Crippen MR) is 164 cm³/mol. The molecule has 3 heterocycles. The van der Waals surface area contributed by atoms with E-state index in [-0.39, 0.29) is 16.8 Å². The van der Waals surface area contributed by atoms with Gasteiger partial charge in [0.25, 0.3) is 5.65 Å². The van der Waals surface area contributed by atoms with Crippen LogP contribution in [0, 0.1) is 28.5 Å². The lowest BCUT2D eigenvalue weighted by molar-refractivity contribution is -0.722. The first-order valence-electron chi connectivity index (χ1n) is 13.7. The fourth-order valence-corrected chi connectivity index (χ4v) is 8.27. The molecule has 0 spiro atoms. The summed E-state index contributed by atoms with van der Waals surface area (Å²) in [6, 6.07) is 16.2. The molecule has 8 heteroatoms. The SMILES string of the molecule is CCC1(CC)CC(C)(CSC(C#N)=C(C#N)SC)c2cc(F)cc3nc(C(C)(C)C)n4c5ccccc5[n+]1c4c23. The van der Waals surface area contributed by atoms with Crippen LogP contribution in [0.25, 0.3) is 27.6 Å². The zero-order valence-electron chi connectivity index (χ0n) is 24.2. The summed E-state index contributed by atoms with van der Waals surface area (Å²) in [5.74, 6) is 1.13. The van der Waals surface area contributed by atoms with Crippen LogP contribution in [0.4, 0.5) is 4.39 Å². The van der Waals surface area contributed by atoms with Gasteiger partial charge in [-0.3, -0.25) is 0 Å². The Balaban J connectivity index is 1.96. The molecule has 2 aromatic heterocycles. The first-order valence-corrected chi connectivity index (χ1v) is 15.9. The van der Waals surface area contributed by atoms with Crippen LogP contribution in [0.15, 0.2) is 46.2 Å². The number of aromatic nitrogens is 3. The Labute approximate surface area is 244 Å². The average molecular weight is 573 g/mol. The van der Waals surface area contributed by atoms with Gasteiger partial charge in [-0.25, -0.2) is 13.9 Å². The van der Waals surface area contributed by atoms with Crippen LogP contribution >= 0.6 is 23.5 Å². The molecule has 5 nitrogen and oxygen atoms in total. The van der Waals surface area contributed by atoms with Gasteiger partial charge >= 0.3 is 0 Å². The maximum absolute atomic E-state index is 15.5. The van der Waals surface area contributed by atoms with Crippen LogP contribution in [0.3, 0.4) is 0 Å². The molecule has 2 aromatic carbocycles. The zero-order valence-corrected chi connectivity index (χ0v) is 25.9. The molecule has 0 fully saturated rings. The maximum atomic E-state index is 15.5. The van der Waals surface area contributed by atoms with Gasteiger partial charge in [-0.05, 0) is 42.9 Å². The Hall–Kier alpha value is -3.07. The lowest BCUT2D eigenvalue weighted by Gasteiger charge is -2.38. The Morgan fingerprint density at radius 1 is 1.12 bits per heavy atom. The van der Waals surface area contributed by atoms with Crippen LogP contribution in [-0.4, -0.2) is 21.4 Å². The molecule has 0 aliphatic carbocycles. The van der Waals surface area contributed by atoms with Crippen molar-refractivity contribution in [3.05, 3.63) is 63.4 Å². The van der Waals surface area contributed by atoms with Gasteiger partial charge < -0.3 is 0 Å². The molecule has 40 heavy (non-hydrogen) atoms. The molecule has 0 saturated heterocycles. The summed E-state index contributed by atoms with van der Waals surface area (Å²) >= 11 is 2.69. The fraction of sp³-hybridized carbons (Fsp3) is 0.438. The monoisotopic (exact) mass is 572 g/mol. The predicted octanol–water partition coefficient (Wildman–Crippen LogP) is 7.90. The van der Waals surface area contributed by atoms with E-state index in [9.17, 15) is 10.5 Å². The first-order chi connectivity index (χ1) is 19.0. The number of halogens is 1. The number of hydrogen-bond donors (Lipinski definition) is 0. The molecular weight excluding hydrogens is 538 g/mol. The third-order valence-electron chi connectivity index (χ3n) is 8.51. The number of nitrogens with zero attached hydrogens (tertiary/aromatic N) is 5. The molecule has 1 aliphatic heterocycles. The van der Waals surface area contributed by atoms with Gasteiger partial charge in [0.15, 0.2) is 11.0 Å². The third kappa shape index (κ3) is 4.19. The highest BCUT2D eigenvalue weighted by Crippen LogP contribution is 2.48. The Bertz CT molecular complexity index is 1780. The standard InChI is InChI=1S/C32H35FN5S2/c1-8-32(9-2)18-31(6,19-40-26(17-35)25(16-34)39-7)21-14-20(33)15-22-27(21)28-37(29(36-22)30(3,4)5)23-12-10-11-13-24(23)38(28)32/h10-15H,8-9,18-19H2,1-7H3/q+1. The summed E-state index contributed by atoms with van der Waals surface area (Å²) in [5.41, 5.74) is 3.81. The van der Waals surface area contributed by atoms with Crippen LogP contribution < -0.4 is 4.57 Å². The lowest BCUT2D eigenvalue weighted by atomic mass is 9.71. The normalized spacial score (nSPS) is 19.1. The topological polar surface area (TPSA) is 68.8 Å². The largest absolute Gasteiger partial charge is 0.299 e. The number of imidazole rings is 1. The second kappa shape index (κ2) is 10.1. The molecule has 0 radical (unpaired) electrons. The van der Waals surface area contributed by atoms with Crippen molar-refractivity contribution in [1.29, 1.82) is 10.5 Å². The van der Waals surface area contributed by atoms with Crippen LogP contribution in [0.2, 0.25) is 0 Å². The van der Waals surface area contributed by atoms with Crippen molar-refractivity contribution in [2.45, 2.75) is 77.2 Å². The molecule has 1 aliphatic rings. The number of rotatable bonds is 6. The van der Waals surface area contributed by atoms with Crippen LogP contribution in [0.1, 0.15) is 72.2 Å². The second-order valence-corrected chi connectivity index (χ2v) is 13.9. The third-order valence-corrected chi connectivity index (χ3v) is 10.7. The summed E-state index contributed by atoms with van der Waals surface area (Å²) in [7, 11) is 0. The molecule has 0 amide bonds. The number of hydrogen-bond acceptors (Lipinski definition) is 5. The minimum absolute atomic E-state index is 0.267. The molecule has 5 rings (SSSR count). The van der Waals surface area contributed by atoms with E-state index in [0.29, 0.717) is 21.1 Å². The van der Waals surface area contributed by atoms with E-state index < -0.39 is 5.41 Å². The van der Waals surface area contributed by atoms with E-state index in [4.69, 9.17) is 4.98 Å². The maximum Gasteiger partial charge on any atom is 0.299 e. The molecule has 1 unspecified atom stereocenters. The van der Waals surface area contributed by atoms with Gasteiger partial charge in [0.05, 0.1) is 10.9 Å². The number of thioether (sulfide) groups is 2. The molecular formula is C32H35FN5S2+. The number of nitriles is 2. The van der Waals surface area contributed by atoms with Crippen molar-refractivity contribution in [2.75, 3.05) is 12.0 Å². The van der Waals surface area contributed by atoms with Crippen LogP contribution in [0.5, 0.6) is 0 Å². The summed E-state index contributed by atoms with van der Waals surface area (Å²) in [4.78, 5) is 5.99. The summed E-state index contributed by atoms with van der Waals surface area (Å²) in [6.45, 7) is 13.1. The quantitative estimate of drug-likeness (QED) is 0.174. The van der Waals surface area contributed by atoms with Gasteiger partial charge in [0, 0.05) is 29.1 Å². The molecule has 1 atom stereocenters. The Morgan fingerprint density at radius 2 is 1.80 bits per heavy atom. The molecule has 0 bridgehead atoms. The minimum atomic E-state index is -0.503. The van der Waals surface area contributed by atoms with Crippen molar-refractivity contribution >= 4 is 51.1 Å². The van der Waals surface area contributed by atoms with E-state index in [2.05, 4.69) is 86.9 Å². The number of para-hydroxylation sites is 2. The first kappa shape index (κ1) is 28.5. The van der Waals surface area contributed by atoms with Crippen molar-refractivity contribution in [3.8, 4) is 12.1 Å². The lowest BCUT2D eigenvalue weighted by Crippen LogP contribution is -2.57.